The Hall–Kier alpha value is -1.33. The van der Waals surface area contributed by atoms with Gasteiger partial charge in [-0.3, -0.25) is 4.79 Å². The third-order valence-corrected chi connectivity index (χ3v) is 3.79. The van der Waals surface area contributed by atoms with E-state index >= 15 is 0 Å². The second-order valence-electron chi connectivity index (χ2n) is 5.36. The fraction of sp³-hybridized carbons (Fsp3) is 0.600. The SMILES string of the molecule is C=CCn1ncc(NCCCCN(C)C(C)C)c(Cl)c1=O. The molecule has 0 aliphatic carbocycles. The molecule has 0 unspecified atom stereocenters. The van der Waals surface area contributed by atoms with Crippen LogP contribution in [0, 0.1) is 0 Å². The van der Waals surface area contributed by atoms with Crippen LogP contribution in [0.2, 0.25) is 5.02 Å². The lowest BCUT2D eigenvalue weighted by Gasteiger charge is -2.20. The van der Waals surface area contributed by atoms with Gasteiger partial charge in [0.2, 0.25) is 0 Å². The summed E-state index contributed by atoms with van der Waals surface area (Å²) in [6.45, 7) is 10.1. The zero-order chi connectivity index (χ0) is 15.8. The normalized spacial score (nSPS) is 11.1. The number of unbranched alkanes of at least 4 members (excludes halogenated alkanes) is 1. The molecule has 21 heavy (non-hydrogen) atoms. The van der Waals surface area contributed by atoms with E-state index in [1.54, 1.807) is 12.3 Å². The van der Waals surface area contributed by atoms with Gasteiger partial charge in [-0.05, 0) is 40.3 Å². The molecule has 1 N–H and O–H groups in total. The van der Waals surface area contributed by atoms with Crippen molar-refractivity contribution in [2.45, 2.75) is 39.3 Å². The van der Waals surface area contributed by atoms with Gasteiger partial charge in [0.05, 0.1) is 18.4 Å². The largest absolute Gasteiger partial charge is 0.382 e. The number of aromatic nitrogens is 2. The van der Waals surface area contributed by atoms with Gasteiger partial charge in [0, 0.05) is 12.6 Å². The molecule has 5 nitrogen and oxygen atoms in total. The van der Waals surface area contributed by atoms with Crippen LogP contribution in [0.15, 0.2) is 23.6 Å². The highest BCUT2D eigenvalue weighted by molar-refractivity contribution is 6.32. The first-order valence-electron chi connectivity index (χ1n) is 7.28. The smallest absolute Gasteiger partial charge is 0.287 e. The topological polar surface area (TPSA) is 50.2 Å². The monoisotopic (exact) mass is 312 g/mol. The van der Waals surface area contributed by atoms with Crippen molar-refractivity contribution in [3.63, 3.8) is 0 Å². The van der Waals surface area contributed by atoms with Crippen LogP contribution in [0.4, 0.5) is 5.69 Å². The molecular formula is C15H25ClN4O. The number of anilines is 1. The zero-order valence-corrected chi connectivity index (χ0v) is 13.9. The number of allylic oxidation sites excluding steroid dienone is 1. The van der Waals surface area contributed by atoms with Gasteiger partial charge in [0.25, 0.3) is 5.56 Å². The number of nitrogens with one attached hydrogen (secondary N) is 1. The van der Waals surface area contributed by atoms with Crippen molar-refractivity contribution >= 4 is 17.3 Å². The third kappa shape index (κ3) is 5.52. The first-order valence-corrected chi connectivity index (χ1v) is 7.65. The number of halogens is 1. The highest BCUT2D eigenvalue weighted by Gasteiger charge is 2.08. The summed E-state index contributed by atoms with van der Waals surface area (Å²) in [7, 11) is 2.12. The Kier molecular flexibility index (Phi) is 7.47. The molecule has 118 valence electrons. The van der Waals surface area contributed by atoms with Crippen molar-refractivity contribution in [3.05, 3.63) is 34.2 Å². The molecular weight excluding hydrogens is 288 g/mol. The van der Waals surface area contributed by atoms with Crippen LogP contribution >= 0.6 is 11.6 Å². The van der Waals surface area contributed by atoms with E-state index in [1.807, 2.05) is 0 Å². The molecule has 0 atom stereocenters. The molecule has 1 aromatic heterocycles. The molecule has 0 fully saturated rings. The Bertz CT molecular complexity index is 513. The number of hydrogen-bond donors (Lipinski definition) is 1. The Balaban J connectivity index is 2.44. The minimum absolute atomic E-state index is 0.186. The minimum Gasteiger partial charge on any atom is -0.382 e. The molecule has 0 saturated heterocycles. The van der Waals surface area contributed by atoms with E-state index in [9.17, 15) is 4.79 Å². The Morgan fingerprint density at radius 3 is 2.86 bits per heavy atom. The average molecular weight is 313 g/mol. The molecule has 0 aromatic carbocycles. The Morgan fingerprint density at radius 2 is 2.24 bits per heavy atom. The third-order valence-electron chi connectivity index (χ3n) is 3.42. The molecule has 0 radical (unpaired) electrons. The zero-order valence-electron chi connectivity index (χ0n) is 13.1. The van der Waals surface area contributed by atoms with Crippen molar-refractivity contribution < 1.29 is 0 Å². The first-order chi connectivity index (χ1) is 9.97. The van der Waals surface area contributed by atoms with Crippen LogP contribution in [0.3, 0.4) is 0 Å². The summed E-state index contributed by atoms with van der Waals surface area (Å²) < 4.78 is 1.29. The van der Waals surface area contributed by atoms with Gasteiger partial charge in [-0.25, -0.2) is 4.68 Å². The summed E-state index contributed by atoms with van der Waals surface area (Å²) >= 11 is 6.06. The number of rotatable bonds is 9. The van der Waals surface area contributed by atoms with Crippen LogP contribution < -0.4 is 10.9 Å². The average Bonchev–Trinajstić information content (AvgIpc) is 2.45. The first kappa shape index (κ1) is 17.7. The van der Waals surface area contributed by atoms with Crippen LogP contribution in [-0.4, -0.2) is 40.9 Å². The summed E-state index contributed by atoms with van der Waals surface area (Å²) in [6.07, 6.45) is 5.32. The molecule has 1 heterocycles. The Labute approximate surface area is 131 Å². The van der Waals surface area contributed by atoms with Crippen molar-refractivity contribution in [2.75, 3.05) is 25.5 Å². The van der Waals surface area contributed by atoms with E-state index < -0.39 is 0 Å². The molecule has 0 saturated carbocycles. The van der Waals surface area contributed by atoms with Gasteiger partial charge in [0.1, 0.15) is 5.02 Å². The standard InChI is InChI=1S/C15H25ClN4O/c1-5-9-20-15(21)14(16)13(11-18-20)17-8-6-7-10-19(4)12(2)3/h5,11-12,17H,1,6-10H2,2-4H3. The van der Waals surface area contributed by atoms with Gasteiger partial charge >= 0.3 is 0 Å². The van der Waals surface area contributed by atoms with Gasteiger partial charge in [-0.2, -0.15) is 5.10 Å². The highest BCUT2D eigenvalue weighted by atomic mass is 35.5. The summed E-state index contributed by atoms with van der Waals surface area (Å²) in [5, 5.41) is 7.42. The molecule has 6 heteroatoms. The quantitative estimate of drug-likeness (QED) is 0.562. The lowest BCUT2D eigenvalue weighted by molar-refractivity contribution is 0.269. The maximum absolute atomic E-state index is 11.9. The predicted molar refractivity (Wildman–Crippen MR) is 89.2 cm³/mol. The van der Waals surface area contributed by atoms with E-state index in [4.69, 9.17) is 11.6 Å². The second kappa shape index (κ2) is 8.85. The molecule has 0 bridgehead atoms. The lowest BCUT2D eigenvalue weighted by atomic mass is 10.2. The summed E-state index contributed by atoms with van der Waals surface area (Å²) in [5.41, 5.74) is 0.306. The molecule has 1 aromatic rings. The highest BCUT2D eigenvalue weighted by Crippen LogP contribution is 2.15. The predicted octanol–water partition coefficient (Wildman–Crippen LogP) is 2.62. The van der Waals surface area contributed by atoms with E-state index in [1.165, 1.54) is 4.68 Å². The maximum atomic E-state index is 11.9. The molecule has 0 aliphatic heterocycles. The van der Waals surface area contributed by atoms with E-state index in [-0.39, 0.29) is 10.6 Å². The fourth-order valence-corrected chi connectivity index (χ4v) is 2.02. The van der Waals surface area contributed by atoms with Crippen LogP contribution in [0.1, 0.15) is 26.7 Å². The fourth-order valence-electron chi connectivity index (χ4n) is 1.81. The summed E-state index contributed by atoms with van der Waals surface area (Å²) in [6, 6.07) is 0.564. The summed E-state index contributed by atoms with van der Waals surface area (Å²) in [5.74, 6) is 0. The minimum atomic E-state index is -0.291. The summed E-state index contributed by atoms with van der Waals surface area (Å²) in [4.78, 5) is 14.2. The van der Waals surface area contributed by atoms with Crippen molar-refractivity contribution in [2.24, 2.45) is 0 Å². The van der Waals surface area contributed by atoms with Crippen LogP contribution in [-0.2, 0) is 6.54 Å². The molecule has 0 spiro atoms. The van der Waals surface area contributed by atoms with Crippen LogP contribution in [0.25, 0.3) is 0 Å². The van der Waals surface area contributed by atoms with E-state index in [2.05, 4.69) is 42.8 Å². The maximum Gasteiger partial charge on any atom is 0.287 e. The molecule has 0 amide bonds. The van der Waals surface area contributed by atoms with Crippen molar-refractivity contribution in [3.8, 4) is 0 Å². The van der Waals surface area contributed by atoms with Gasteiger partial charge in [-0.15, -0.1) is 6.58 Å². The number of nitrogens with zero attached hydrogens (tertiary/aromatic N) is 3. The van der Waals surface area contributed by atoms with E-state index in [0.717, 1.165) is 25.9 Å². The van der Waals surface area contributed by atoms with Gasteiger partial charge in [0.15, 0.2) is 0 Å². The Morgan fingerprint density at radius 1 is 1.52 bits per heavy atom. The van der Waals surface area contributed by atoms with Crippen molar-refractivity contribution in [1.29, 1.82) is 0 Å². The molecule has 1 rings (SSSR count). The molecule has 0 aliphatic rings. The van der Waals surface area contributed by atoms with Crippen LogP contribution in [0.5, 0.6) is 0 Å². The lowest BCUT2D eigenvalue weighted by Crippen LogP contribution is -2.27. The van der Waals surface area contributed by atoms with Crippen molar-refractivity contribution in [1.82, 2.24) is 14.7 Å². The number of hydrogen-bond acceptors (Lipinski definition) is 4. The van der Waals surface area contributed by atoms with Gasteiger partial charge < -0.3 is 10.2 Å². The van der Waals surface area contributed by atoms with E-state index in [0.29, 0.717) is 18.3 Å². The van der Waals surface area contributed by atoms with Gasteiger partial charge in [-0.1, -0.05) is 17.7 Å². The second-order valence-corrected chi connectivity index (χ2v) is 5.73.